The molecule has 1 aliphatic heterocycles. The van der Waals surface area contributed by atoms with Crippen molar-refractivity contribution in [1.29, 1.82) is 0 Å². The van der Waals surface area contributed by atoms with Crippen LogP contribution in [0.3, 0.4) is 0 Å². The third-order valence-electron chi connectivity index (χ3n) is 4.70. The minimum Gasteiger partial charge on any atom is -0.447 e. The molecule has 0 atom stereocenters. The number of likely N-dealkylation sites (tertiary alicyclic amines) is 1. The van der Waals surface area contributed by atoms with Crippen molar-refractivity contribution >= 4 is 28.8 Å². The Balaban J connectivity index is 1.28. The zero-order valence-corrected chi connectivity index (χ0v) is 16.1. The highest BCUT2D eigenvalue weighted by Gasteiger charge is 2.17. The van der Waals surface area contributed by atoms with Gasteiger partial charge in [-0.15, -0.1) is 0 Å². The number of quaternary nitrogens is 1. The fourth-order valence-electron chi connectivity index (χ4n) is 3.25. The number of carbonyl (C=O) groups is 1. The normalized spacial score (nSPS) is 14.9. The number of nitrogens with one attached hydrogen (secondary N) is 2. The lowest BCUT2D eigenvalue weighted by atomic mass is 10.2. The molecule has 1 saturated heterocycles. The summed E-state index contributed by atoms with van der Waals surface area (Å²) in [7, 11) is 0. The number of benzene rings is 1. The Morgan fingerprint density at radius 2 is 2.15 bits per heavy atom. The Labute approximate surface area is 161 Å². The largest absolute Gasteiger partial charge is 0.447 e. The number of amides is 1. The molecule has 7 nitrogen and oxygen atoms in total. The lowest BCUT2D eigenvalue weighted by Gasteiger charge is -2.11. The van der Waals surface area contributed by atoms with Gasteiger partial charge in [-0.1, -0.05) is 17.8 Å². The summed E-state index contributed by atoms with van der Waals surface area (Å²) < 4.78 is 11.1. The first-order valence-electron chi connectivity index (χ1n) is 9.23. The van der Waals surface area contributed by atoms with Crippen molar-refractivity contribution in [2.24, 2.45) is 0 Å². The SMILES string of the molecule is Cc1ccc2oc(SCc3nc(C(=O)NCC[NH+]4CCCC4)co3)nc2c1. The number of fused-ring (bicyclic) bond motifs is 1. The monoisotopic (exact) mass is 387 g/mol. The molecule has 0 bridgehead atoms. The van der Waals surface area contributed by atoms with Gasteiger partial charge in [0.1, 0.15) is 11.8 Å². The summed E-state index contributed by atoms with van der Waals surface area (Å²) in [5.41, 5.74) is 3.05. The summed E-state index contributed by atoms with van der Waals surface area (Å²) in [6.45, 7) is 6.05. The van der Waals surface area contributed by atoms with E-state index < -0.39 is 0 Å². The van der Waals surface area contributed by atoms with E-state index in [1.54, 1.807) is 4.90 Å². The molecule has 0 spiro atoms. The molecule has 0 aliphatic carbocycles. The van der Waals surface area contributed by atoms with Crippen molar-refractivity contribution in [2.45, 2.75) is 30.7 Å². The first-order valence-corrected chi connectivity index (χ1v) is 10.2. The van der Waals surface area contributed by atoms with Crippen LogP contribution in [0.1, 0.15) is 34.8 Å². The van der Waals surface area contributed by atoms with Gasteiger partial charge in [-0.05, 0) is 24.6 Å². The molecular formula is C19H23N4O3S+. The number of thioether (sulfide) groups is 1. The van der Waals surface area contributed by atoms with E-state index in [1.165, 1.54) is 44.0 Å². The van der Waals surface area contributed by atoms with Gasteiger partial charge in [-0.25, -0.2) is 9.97 Å². The fourth-order valence-corrected chi connectivity index (χ4v) is 3.94. The molecule has 0 radical (unpaired) electrons. The van der Waals surface area contributed by atoms with Crippen molar-refractivity contribution in [1.82, 2.24) is 15.3 Å². The molecule has 3 aromatic rings. The molecule has 2 N–H and O–H groups in total. The smallest absolute Gasteiger partial charge is 0.273 e. The quantitative estimate of drug-likeness (QED) is 0.602. The second kappa shape index (κ2) is 8.14. The van der Waals surface area contributed by atoms with Crippen LogP contribution >= 0.6 is 11.8 Å². The van der Waals surface area contributed by atoms with E-state index in [2.05, 4.69) is 15.3 Å². The van der Waals surface area contributed by atoms with E-state index in [9.17, 15) is 4.79 Å². The number of aryl methyl sites for hydroxylation is 1. The van der Waals surface area contributed by atoms with Crippen LogP contribution in [0.4, 0.5) is 0 Å². The zero-order valence-electron chi connectivity index (χ0n) is 15.3. The van der Waals surface area contributed by atoms with Gasteiger partial charge in [0, 0.05) is 12.8 Å². The molecule has 3 heterocycles. The summed E-state index contributed by atoms with van der Waals surface area (Å²) >= 11 is 1.40. The number of oxazole rings is 2. The average molecular weight is 387 g/mol. The van der Waals surface area contributed by atoms with Crippen molar-refractivity contribution in [3.8, 4) is 0 Å². The maximum atomic E-state index is 12.2. The highest BCUT2D eigenvalue weighted by Crippen LogP contribution is 2.26. The average Bonchev–Trinajstić information content (AvgIpc) is 3.40. The molecule has 142 valence electrons. The summed E-state index contributed by atoms with van der Waals surface area (Å²) in [4.78, 5) is 22.5. The Morgan fingerprint density at radius 1 is 1.30 bits per heavy atom. The van der Waals surface area contributed by atoms with Gasteiger partial charge in [0.15, 0.2) is 11.3 Å². The van der Waals surface area contributed by atoms with Crippen LogP contribution in [0, 0.1) is 6.92 Å². The Hall–Kier alpha value is -2.32. The first-order chi connectivity index (χ1) is 13.2. The number of nitrogens with zero attached hydrogens (tertiary/aromatic N) is 2. The summed E-state index contributed by atoms with van der Waals surface area (Å²) in [5.74, 6) is 0.747. The molecule has 1 fully saturated rings. The van der Waals surface area contributed by atoms with Crippen LogP contribution in [0.15, 0.2) is 38.5 Å². The standard InChI is InChI=1S/C19H22N4O3S/c1-13-4-5-16-14(10-13)22-19(26-16)27-12-17-21-15(11-25-17)18(24)20-6-9-23-7-2-3-8-23/h4-5,10-11H,2-3,6-9,12H2,1H3,(H,20,24)/p+1. The van der Waals surface area contributed by atoms with Gasteiger partial charge in [-0.3, -0.25) is 4.79 Å². The first kappa shape index (κ1) is 18.1. The van der Waals surface area contributed by atoms with Crippen LogP contribution in [-0.2, 0) is 5.75 Å². The van der Waals surface area contributed by atoms with Crippen molar-refractivity contribution in [3.05, 3.63) is 41.6 Å². The van der Waals surface area contributed by atoms with E-state index in [4.69, 9.17) is 8.83 Å². The van der Waals surface area contributed by atoms with E-state index in [0.29, 0.717) is 29.1 Å². The topological polar surface area (TPSA) is 85.6 Å². The lowest BCUT2D eigenvalue weighted by Crippen LogP contribution is -3.10. The van der Waals surface area contributed by atoms with Crippen LogP contribution in [0.5, 0.6) is 0 Å². The zero-order chi connectivity index (χ0) is 18.6. The minimum atomic E-state index is -0.189. The summed E-state index contributed by atoms with van der Waals surface area (Å²) in [6, 6.07) is 5.89. The van der Waals surface area contributed by atoms with Crippen LogP contribution < -0.4 is 10.2 Å². The van der Waals surface area contributed by atoms with E-state index in [0.717, 1.165) is 23.2 Å². The number of rotatable bonds is 7. The van der Waals surface area contributed by atoms with E-state index in [1.807, 2.05) is 25.1 Å². The molecule has 2 aromatic heterocycles. The maximum Gasteiger partial charge on any atom is 0.273 e. The predicted octanol–water partition coefficient (Wildman–Crippen LogP) is 1.83. The molecule has 8 heteroatoms. The van der Waals surface area contributed by atoms with E-state index in [-0.39, 0.29) is 5.91 Å². The molecule has 1 aliphatic rings. The third-order valence-corrected chi connectivity index (χ3v) is 5.51. The molecule has 0 saturated carbocycles. The molecular weight excluding hydrogens is 364 g/mol. The number of carbonyl (C=O) groups excluding carboxylic acids is 1. The molecule has 27 heavy (non-hydrogen) atoms. The third kappa shape index (κ3) is 4.51. The van der Waals surface area contributed by atoms with Crippen molar-refractivity contribution < 1.29 is 18.5 Å². The molecule has 4 rings (SSSR count). The van der Waals surface area contributed by atoms with E-state index >= 15 is 0 Å². The molecule has 0 unspecified atom stereocenters. The van der Waals surface area contributed by atoms with Crippen LogP contribution in [0.25, 0.3) is 11.1 Å². The van der Waals surface area contributed by atoms with Gasteiger partial charge >= 0.3 is 0 Å². The fraction of sp³-hybridized carbons (Fsp3) is 0.421. The maximum absolute atomic E-state index is 12.2. The summed E-state index contributed by atoms with van der Waals surface area (Å²) in [5, 5.41) is 3.48. The van der Waals surface area contributed by atoms with Gasteiger partial charge < -0.3 is 19.1 Å². The minimum absolute atomic E-state index is 0.189. The van der Waals surface area contributed by atoms with Crippen LogP contribution in [-0.4, -0.2) is 42.1 Å². The molecule has 1 aromatic carbocycles. The highest BCUT2D eigenvalue weighted by atomic mass is 32.2. The summed E-state index contributed by atoms with van der Waals surface area (Å²) in [6.07, 6.45) is 3.98. The number of hydrogen-bond donors (Lipinski definition) is 2. The highest BCUT2D eigenvalue weighted by molar-refractivity contribution is 7.98. The van der Waals surface area contributed by atoms with Crippen LogP contribution in [0.2, 0.25) is 0 Å². The number of hydrogen-bond acceptors (Lipinski definition) is 6. The second-order valence-electron chi connectivity index (χ2n) is 6.83. The van der Waals surface area contributed by atoms with Gasteiger partial charge in [0.05, 0.1) is 31.9 Å². The Morgan fingerprint density at radius 3 is 3.00 bits per heavy atom. The van der Waals surface area contributed by atoms with Gasteiger partial charge in [0.2, 0.25) is 5.89 Å². The lowest BCUT2D eigenvalue weighted by molar-refractivity contribution is -0.886. The predicted molar refractivity (Wildman–Crippen MR) is 102 cm³/mol. The number of aromatic nitrogens is 2. The Kier molecular flexibility index (Phi) is 5.45. The van der Waals surface area contributed by atoms with Gasteiger partial charge in [-0.2, -0.15) is 0 Å². The van der Waals surface area contributed by atoms with Crippen molar-refractivity contribution in [3.63, 3.8) is 0 Å². The second-order valence-corrected chi connectivity index (χ2v) is 7.76. The Bertz CT molecular complexity index is 930. The van der Waals surface area contributed by atoms with Crippen molar-refractivity contribution in [2.75, 3.05) is 26.2 Å². The molecule has 1 amide bonds. The van der Waals surface area contributed by atoms with Gasteiger partial charge in [0.25, 0.3) is 11.1 Å².